The van der Waals surface area contributed by atoms with Crippen molar-refractivity contribution in [3.05, 3.63) is 87.4 Å². The van der Waals surface area contributed by atoms with E-state index in [1.807, 2.05) is 48.5 Å². The Labute approximate surface area is 191 Å². The number of hydrogen-bond donors (Lipinski definition) is 1. The summed E-state index contributed by atoms with van der Waals surface area (Å²) in [6, 6.07) is 18.3. The molecule has 0 aliphatic heterocycles. The molecule has 0 aliphatic rings. The minimum atomic E-state index is -0.335. The van der Waals surface area contributed by atoms with E-state index in [0.717, 1.165) is 16.8 Å². The number of halogens is 2. The van der Waals surface area contributed by atoms with Crippen molar-refractivity contribution >= 4 is 34.9 Å². The maximum atomic E-state index is 11.7. The third kappa shape index (κ3) is 6.06. The first kappa shape index (κ1) is 22.8. The lowest BCUT2D eigenvalue weighted by molar-refractivity contribution is 0.0526. The SMILES string of the molecule is CCOC(=O)c1ccc(NCc2cc(Cl)c(OCc3ccccc3Cl)c(OC)c2)cc1. The van der Waals surface area contributed by atoms with Crippen LogP contribution in [0, 0.1) is 0 Å². The molecule has 0 bridgehead atoms. The summed E-state index contributed by atoms with van der Waals surface area (Å²) in [7, 11) is 1.57. The highest BCUT2D eigenvalue weighted by molar-refractivity contribution is 6.32. The molecule has 3 rings (SSSR count). The third-order valence-electron chi connectivity index (χ3n) is 4.51. The van der Waals surface area contributed by atoms with Crippen molar-refractivity contribution in [1.82, 2.24) is 0 Å². The lowest BCUT2D eigenvalue weighted by Gasteiger charge is -2.15. The van der Waals surface area contributed by atoms with Crippen molar-refractivity contribution in [3.63, 3.8) is 0 Å². The summed E-state index contributed by atoms with van der Waals surface area (Å²) < 4.78 is 16.4. The van der Waals surface area contributed by atoms with Crippen molar-refractivity contribution in [3.8, 4) is 11.5 Å². The van der Waals surface area contributed by atoms with E-state index >= 15 is 0 Å². The maximum absolute atomic E-state index is 11.7. The van der Waals surface area contributed by atoms with Crippen LogP contribution in [0.15, 0.2) is 60.7 Å². The number of methoxy groups -OCH3 is 1. The molecule has 0 heterocycles. The number of rotatable bonds is 9. The van der Waals surface area contributed by atoms with E-state index in [-0.39, 0.29) is 12.6 Å². The van der Waals surface area contributed by atoms with Gasteiger partial charge in [-0.05, 0) is 55.0 Å². The molecule has 0 unspecified atom stereocenters. The van der Waals surface area contributed by atoms with E-state index in [4.69, 9.17) is 37.4 Å². The predicted octanol–water partition coefficient (Wildman–Crippen LogP) is 6.37. The van der Waals surface area contributed by atoms with Crippen LogP contribution >= 0.6 is 23.2 Å². The van der Waals surface area contributed by atoms with Gasteiger partial charge in [0.15, 0.2) is 11.5 Å². The summed E-state index contributed by atoms with van der Waals surface area (Å²) in [5.74, 6) is 0.665. The number of esters is 1. The van der Waals surface area contributed by atoms with E-state index in [1.165, 1.54) is 0 Å². The van der Waals surface area contributed by atoms with E-state index in [0.29, 0.717) is 40.3 Å². The molecule has 0 aromatic heterocycles. The summed E-state index contributed by atoms with van der Waals surface area (Å²) >= 11 is 12.7. The van der Waals surface area contributed by atoms with Crippen molar-refractivity contribution in [2.45, 2.75) is 20.1 Å². The Morgan fingerprint density at radius 2 is 1.74 bits per heavy atom. The second kappa shape index (κ2) is 10.9. The Balaban J connectivity index is 1.67. The van der Waals surface area contributed by atoms with Crippen molar-refractivity contribution in [2.24, 2.45) is 0 Å². The first-order valence-corrected chi connectivity index (χ1v) is 10.5. The molecule has 1 N–H and O–H groups in total. The first-order chi connectivity index (χ1) is 15.0. The van der Waals surface area contributed by atoms with Gasteiger partial charge in [-0.3, -0.25) is 0 Å². The number of hydrogen-bond acceptors (Lipinski definition) is 5. The van der Waals surface area contributed by atoms with Crippen LogP contribution in [0.4, 0.5) is 5.69 Å². The number of ether oxygens (including phenoxy) is 3. The van der Waals surface area contributed by atoms with Gasteiger partial charge in [-0.1, -0.05) is 41.4 Å². The Bertz CT molecular complexity index is 1040. The van der Waals surface area contributed by atoms with Gasteiger partial charge in [0.05, 0.1) is 24.3 Å². The van der Waals surface area contributed by atoms with Crippen LogP contribution in [0.3, 0.4) is 0 Å². The van der Waals surface area contributed by atoms with Gasteiger partial charge in [-0.25, -0.2) is 4.79 Å². The summed E-state index contributed by atoms with van der Waals surface area (Å²) in [4.78, 5) is 11.7. The first-order valence-electron chi connectivity index (χ1n) is 9.75. The summed E-state index contributed by atoms with van der Waals surface area (Å²) in [6.07, 6.45) is 0. The van der Waals surface area contributed by atoms with E-state index < -0.39 is 0 Å². The number of carbonyl (C=O) groups excluding carboxylic acids is 1. The summed E-state index contributed by atoms with van der Waals surface area (Å²) in [5.41, 5.74) is 3.15. The van der Waals surface area contributed by atoms with Crippen molar-refractivity contribution in [1.29, 1.82) is 0 Å². The van der Waals surface area contributed by atoms with Gasteiger partial charge in [0.1, 0.15) is 6.61 Å². The molecule has 0 fully saturated rings. The highest BCUT2D eigenvalue weighted by Gasteiger charge is 2.13. The smallest absolute Gasteiger partial charge is 0.338 e. The molecule has 3 aromatic carbocycles. The standard InChI is InChI=1S/C24H23Cl2NO4/c1-3-30-24(28)17-8-10-19(11-9-17)27-14-16-12-21(26)23(22(13-16)29-2)31-15-18-6-4-5-7-20(18)25/h4-13,27H,3,14-15H2,1-2H3. The molecule has 0 amide bonds. The van der Waals surface area contributed by atoms with Crippen molar-refractivity contribution in [2.75, 3.05) is 19.0 Å². The van der Waals surface area contributed by atoms with E-state index in [1.54, 1.807) is 26.2 Å². The van der Waals surface area contributed by atoms with Gasteiger partial charge in [-0.15, -0.1) is 0 Å². The van der Waals surface area contributed by atoms with Crippen LogP contribution in [0.25, 0.3) is 0 Å². The molecule has 5 nitrogen and oxygen atoms in total. The fourth-order valence-electron chi connectivity index (χ4n) is 2.92. The Hall–Kier alpha value is -2.89. The molecule has 7 heteroatoms. The molecule has 0 aliphatic carbocycles. The molecule has 0 saturated heterocycles. The fourth-order valence-corrected chi connectivity index (χ4v) is 3.40. The molecule has 0 spiro atoms. The lowest BCUT2D eigenvalue weighted by atomic mass is 10.1. The highest BCUT2D eigenvalue weighted by Crippen LogP contribution is 2.37. The van der Waals surface area contributed by atoms with Crippen LogP contribution in [-0.2, 0) is 17.9 Å². The Morgan fingerprint density at radius 3 is 2.42 bits per heavy atom. The van der Waals surface area contributed by atoms with Gasteiger partial charge < -0.3 is 19.5 Å². The van der Waals surface area contributed by atoms with Crippen LogP contribution in [0.1, 0.15) is 28.4 Å². The van der Waals surface area contributed by atoms with Crippen LogP contribution < -0.4 is 14.8 Å². The predicted molar refractivity (Wildman–Crippen MR) is 124 cm³/mol. The number of benzene rings is 3. The summed E-state index contributed by atoms with van der Waals surface area (Å²) in [5, 5.41) is 4.37. The van der Waals surface area contributed by atoms with Crippen LogP contribution in [0.5, 0.6) is 11.5 Å². The molecule has 162 valence electrons. The zero-order valence-electron chi connectivity index (χ0n) is 17.3. The average molecular weight is 460 g/mol. The quantitative estimate of drug-likeness (QED) is 0.376. The van der Waals surface area contributed by atoms with Gasteiger partial charge >= 0.3 is 5.97 Å². The maximum Gasteiger partial charge on any atom is 0.338 e. The lowest BCUT2D eigenvalue weighted by Crippen LogP contribution is -2.05. The highest BCUT2D eigenvalue weighted by atomic mass is 35.5. The zero-order valence-corrected chi connectivity index (χ0v) is 18.8. The number of anilines is 1. The van der Waals surface area contributed by atoms with E-state index in [9.17, 15) is 4.79 Å². The zero-order chi connectivity index (χ0) is 22.2. The second-order valence-electron chi connectivity index (χ2n) is 6.64. The fraction of sp³-hybridized carbons (Fsp3) is 0.208. The van der Waals surface area contributed by atoms with E-state index in [2.05, 4.69) is 5.32 Å². The molecular weight excluding hydrogens is 437 g/mol. The number of carbonyl (C=O) groups is 1. The molecule has 0 radical (unpaired) electrons. The molecule has 0 saturated carbocycles. The topological polar surface area (TPSA) is 56.8 Å². The molecule has 0 atom stereocenters. The number of nitrogens with one attached hydrogen (secondary N) is 1. The largest absolute Gasteiger partial charge is 0.493 e. The minimum Gasteiger partial charge on any atom is -0.493 e. The Kier molecular flexibility index (Phi) is 8.04. The van der Waals surface area contributed by atoms with Gasteiger partial charge in [0.2, 0.25) is 0 Å². The Morgan fingerprint density at radius 1 is 1.00 bits per heavy atom. The third-order valence-corrected chi connectivity index (χ3v) is 5.16. The van der Waals surface area contributed by atoms with Crippen LogP contribution in [0.2, 0.25) is 10.0 Å². The average Bonchev–Trinajstić information content (AvgIpc) is 2.78. The normalized spacial score (nSPS) is 10.5. The van der Waals surface area contributed by atoms with Crippen LogP contribution in [-0.4, -0.2) is 19.7 Å². The molecule has 31 heavy (non-hydrogen) atoms. The second-order valence-corrected chi connectivity index (χ2v) is 7.45. The van der Waals surface area contributed by atoms with Gasteiger partial charge in [-0.2, -0.15) is 0 Å². The molecule has 3 aromatic rings. The van der Waals surface area contributed by atoms with Gasteiger partial charge in [0, 0.05) is 22.8 Å². The monoisotopic (exact) mass is 459 g/mol. The van der Waals surface area contributed by atoms with Crippen molar-refractivity contribution < 1.29 is 19.0 Å². The minimum absolute atomic E-state index is 0.278. The molecular formula is C24H23Cl2NO4. The van der Waals surface area contributed by atoms with Gasteiger partial charge in [0.25, 0.3) is 0 Å². The summed E-state index contributed by atoms with van der Waals surface area (Å²) in [6.45, 7) is 2.92.